The van der Waals surface area contributed by atoms with E-state index in [4.69, 9.17) is 4.74 Å². The van der Waals surface area contributed by atoms with E-state index in [1.807, 2.05) is 96.5 Å². The lowest BCUT2D eigenvalue weighted by atomic mass is 10.0. The predicted octanol–water partition coefficient (Wildman–Crippen LogP) is 4.37. The lowest BCUT2D eigenvalue weighted by molar-refractivity contribution is 0.0947. The average molecular weight is 383 g/mol. The van der Waals surface area contributed by atoms with Crippen LogP contribution in [0.5, 0.6) is 5.75 Å². The Balaban J connectivity index is 1.68. The third-order valence-electron chi connectivity index (χ3n) is 4.86. The van der Waals surface area contributed by atoms with Gasteiger partial charge in [0, 0.05) is 29.1 Å². The molecule has 1 amide bonds. The van der Waals surface area contributed by atoms with Crippen molar-refractivity contribution in [2.75, 3.05) is 7.11 Å². The van der Waals surface area contributed by atoms with Gasteiger partial charge in [-0.25, -0.2) is 5.43 Å². The quantitative estimate of drug-likeness (QED) is 0.411. The predicted molar refractivity (Wildman–Crippen MR) is 115 cm³/mol. The standard InChI is InChI=1S/C24H21N3O2/c1-27-21-11-7-6-10-19(21)16-22(27)24(28)26-25-23(17-8-4-3-5-9-17)18-12-14-20(29-2)15-13-18/h3-16H,1-2H3,(H,26,28)/b25-23+. The topological polar surface area (TPSA) is 55.6 Å². The summed E-state index contributed by atoms with van der Waals surface area (Å²) < 4.78 is 7.11. The van der Waals surface area contributed by atoms with E-state index in [1.165, 1.54) is 0 Å². The SMILES string of the molecule is COc1ccc(/C(=N/NC(=O)c2cc3ccccc3n2C)c2ccccc2)cc1. The maximum absolute atomic E-state index is 12.8. The Morgan fingerprint density at radius 3 is 2.24 bits per heavy atom. The monoisotopic (exact) mass is 383 g/mol. The number of hydrogen-bond donors (Lipinski definition) is 1. The van der Waals surface area contributed by atoms with Crippen LogP contribution in [-0.4, -0.2) is 23.3 Å². The van der Waals surface area contributed by atoms with Crippen LogP contribution in [0.25, 0.3) is 10.9 Å². The van der Waals surface area contributed by atoms with E-state index in [2.05, 4.69) is 10.5 Å². The van der Waals surface area contributed by atoms with Crippen molar-refractivity contribution in [3.8, 4) is 5.75 Å². The highest BCUT2D eigenvalue weighted by Crippen LogP contribution is 2.19. The van der Waals surface area contributed by atoms with Crippen molar-refractivity contribution >= 4 is 22.5 Å². The van der Waals surface area contributed by atoms with Gasteiger partial charge in [0.25, 0.3) is 5.91 Å². The number of amides is 1. The molecule has 144 valence electrons. The molecule has 0 aliphatic rings. The molecule has 5 nitrogen and oxygen atoms in total. The van der Waals surface area contributed by atoms with Gasteiger partial charge in [-0.2, -0.15) is 5.10 Å². The highest BCUT2D eigenvalue weighted by atomic mass is 16.5. The van der Waals surface area contributed by atoms with Gasteiger partial charge in [-0.3, -0.25) is 4.79 Å². The highest BCUT2D eigenvalue weighted by Gasteiger charge is 2.14. The molecule has 29 heavy (non-hydrogen) atoms. The first-order valence-corrected chi connectivity index (χ1v) is 9.29. The number of fused-ring (bicyclic) bond motifs is 1. The molecule has 0 saturated heterocycles. The third kappa shape index (κ3) is 3.75. The fourth-order valence-corrected chi connectivity index (χ4v) is 3.31. The molecule has 0 bridgehead atoms. The molecule has 4 rings (SSSR count). The minimum atomic E-state index is -0.259. The molecule has 3 aromatic carbocycles. The first-order valence-electron chi connectivity index (χ1n) is 9.29. The van der Waals surface area contributed by atoms with Gasteiger partial charge in [0.15, 0.2) is 0 Å². The van der Waals surface area contributed by atoms with Crippen LogP contribution in [0, 0.1) is 0 Å². The van der Waals surface area contributed by atoms with Gasteiger partial charge < -0.3 is 9.30 Å². The van der Waals surface area contributed by atoms with Gasteiger partial charge in [0.05, 0.1) is 12.8 Å². The summed E-state index contributed by atoms with van der Waals surface area (Å²) in [6, 6.07) is 27.1. The van der Waals surface area contributed by atoms with Crippen LogP contribution in [0.3, 0.4) is 0 Å². The van der Waals surface area contributed by atoms with Crippen molar-refractivity contribution in [3.05, 3.63) is 102 Å². The molecule has 0 atom stereocenters. The largest absolute Gasteiger partial charge is 0.497 e. The summed E-state index contributed by atoms with van der Waals surface area (Å²) in [6.07, 6.45) is 0. The summed E-state index contributed by atoms with van der Waals surface area (Å²) in [7, 11) is 3.51. The number of nitrogens with one attached hydrogen (secondary N) is 1. The summed E-state index contributed by atoms with van der Waals surface area (Å²) in [6.45, 7) is 0. The second-order valence-corrected chi connectivity index (χ2v) is 6.64. The molecular formula is C24H21N3O2. The number of methoxy groups -OCH3 is 1. The van der Waals surface area contributed by atoms with Gasteiger partial charge >= 0.3 is 0 Å². The van der Waals surface area contributed by atoms with Crippen molar-refractivity contribution in [2.45, 2.75) is 0 Å². The molecule has 0 spiro atoms. The summed E-state index contributed by atoms with van der Waals surface area (Å²) in [5, 5.41) is 5.49. The van der Waals surface area contributed by atoms with Crippen molar-refractivity contribution in [1.29, 1.82) is 0 Å². The number of nitrogens with zero attached hydrogens (tertiary/aromatic N) is 2. The molecule has 1 heterocycles. The van der Waals surface area contributed by atoms with Gasteiger partial charge in [-0.15, -0.1) is 0 Å². The van der Waals surface area contributed by atoms with Crippen LogP contribution in [0.1, 0.15) is 21.6 Å². The number of hydrazone groups is 1. The van der Waals surface area contributed by atoms with E-state index >= 15 is 0 Å². The number of aromatic nitrogens is 1. The smallest absolute Gasteiger partial charge is 0.288 e. The Bertz CT molecular complexity index is 1180. The third-order valence-corrected chi connectivity index (χ3v) is 4.86. The van der Waals surface area contributed by atoms with Gasteiger partial charge in [0.1, 0.15) is 11.4 Å². The first-order chi connectivity index (χ1) is 14.2. The van der Waals surface area contributed by atoms with E-state index < -0.39 is 0 Å². The van der Waals surface area contributed by atoms with Crippen LogP contribution in [0.15, 0.2) is 90.0 Å². The van der Waals surface area contributed by atoms with Crippen molar-refractivity contribution < 1.29 is 9.53 Å². The van der Waals surface area contributed by atoms with Crippen LogP contribution in [-0.2, 0) is 7.05 Å². The molecule has 0 fully saturated rings. The molecule has 0 saturated carbocycles. The lowest BCUT2D eigenvalue weighted by Crippen LogP contribution is -2.22. The second kappa shape index (κ2) is 8.02. The number of para-hydroxylation sites is 1. The Hall–Kier alpha value is -3.86. The summed E-state index contributed by atoms with van der Waals surface area (Å²) >= 11 is 0. The number of ether oxygens (including phenoxy) is 1. The second-order valence-electron chi connectivity index (χ2n) is 6.64. The zero-order valence-electron chi connectivity index (χ0n) is 16.3. The zero-order valence-corrected chi connectivity index (χ0v) is 16.3. The Morgan fingerprint density at radius 1 is 0.897 bits per heavy atom. The fourth-order valence-electron chi connectivity index (χ4n) is 3.31. The molecule has 5 heteroatoms. The van der Waals surface area contributed by atoms with Crippen LogP contribution >= 0.6 is 0 Å². The maximum atomic E-state index is 12.8. The molecular weight excluding hydrogens is 362 g/mol. The Kier molecular flexibility index (Phi) is 5.12. The highest BCUT2D eigenvalue weighted by molar-refractivity contribution is 6.13. The van der Waals surface area contributed by atoms with E-state index in [0.29, 0.717) is 11.4 Å². The van der Waals surface area contributed by atoms with E-state index in [9.17, 15) is 4.79 Å². The average Bonchev–Trinajstić information content (AvgIpc) is 3.12. The summed E-state index contributed by atoms with van der Waals surface area (Å²) in [5.41, 5.74) is 6.75. The van der Waals surface area contributed by atoms with E-state index in [1.54, 1.807) is 7.11 Å². The Labute approximate surface area is 169 Å². The number of rotatable bonds is 5. The van der Waals surface area contributed by atoms with Crippen molar-refractivity contribution in [3.63, 3.8) is 0 Å². The van der Waals surface area contributed by atoms with Crippen LogP contribution in [0.4, 0.5) is 0 Å². The normalized spacial score (nSPS) is 11.4. The van der Waals surface area contributed by atoms with Crippen LogP contribution in [0.2, 0.25) is 0 Å². The zero-order chi connectivity index (χ0) is 20.2. The molecule has 0 aliphatic heterocycles. The molecule has 0 aliphatic carbocycles. The number of aryl methyl sites for hydroxylation is 1. The number of carbonyl (C=O) groups is 1. The summed E-state index contributed by atoms with van der Waals surface area (Å²) in [5.74, 6) is 0.506. The number of hydrogen-bond acceptors (Lipinski definition) is 3. The number of carbonyl (C=O) groups excluding carboxylic acids is 1. The maximum Gasteiger partial charge on any atom is 0.288 e. The minimum Gasteiger partial charge on any atom is -0.497 e. The van der Waals surface area contributed by atoms with Crippen LogP contribution < -0.4 is 10.2 Å². The summed E-state index contributed by atoms with van der Waals surface area (Å²) in [4.78, 5) is 12.8. The molecule has 1 N–H and O–H groups in total. The Morgan fingerprint density at radius 2 is 1.55 bits per heavy atom. The lowest BCUT2D eigenvalue weighted by Gasteiger charge is -2.09. The molecule has 4 aromatic rings. The van der Waals surface area contributed by atoms with Crippen molar-refractivity contribution in [2.24, 2.45) is 12.1 Å². The van der Waals surface area contributed by atoms with E-state index in [0.717, 1.165) is 27.8 Å². The minimum absolute atomic E-state index is 0.259. The van der Waals surface area contributed by atoms with E-state index in [-0.39, 0.29) is 5.91 Å². The molecule has 0 radical (unpaired) electrons. The van der Waals surface area contributed by atoms with Gasteiger partial charge in [-0.05, 0) is 36.4 Å². The molecule has 0 unspecified atom stereocenters. The van der Waals surface area contributed by atoms with Gasteiger partial charge in [0.2, 0.25) is 0 Å². The number of benzene rings is 3. The fraction of sp³-hybridized carbons (Fsp3) is 0.0833. The molecule has 1 aromatic heterocycles. The van der Waals surface area contributed by atoms with Gasteiger partial charge in [-0.1, -0.05) is 48.5 Å². The first kappa shape index (κ1) is 18.5. The van der Waals surface area contributed by atoms with Crippen molar-refractivity contribution in [1.82, 2.24) is 9.99 Å².